The Hall–Kier alpha value is -4.25. The summed E-state index contributed by atoms with van der Waals surface area (Å²) in [4.78, 5) is 28.6. The lowest BCUT2D eigenvalue weighted by Gasteiger charge is -2.32. The van der Waals surface area contributed by atoms with Crippen LogP contribution in [0.1, 0.15) is 32.3 Å². The van der Waals surface area contributed by atoms with Crippen molar-refractivity contribution in [1.82, 2.24) is 10.2 Å². The first-order valence-corrected chi connectivity index (χ1v) is 15.4. The molecule has 0 saturated heterocycles. The topological polar surface area (TPSA) is 114 Å². The van der Waals surface area contributed by atoms with Gasteiger partial charge in [0.1, 0.15) is 31.5 Å². The average Bonchev–Trinajstić information content (AvgIpc) is 3.02. The van der Waals surface area contributed by atoms with Gasteiger partial charge in [0.2, 0.25) is 11.8 Å². The van der Waals surface area contributed by atoms with Gasteiger partial charge in [-0.3, -0.25) is 13.9 Å². The third-order valence-corrected chi connectivity index (χ3v) is 8.72. The van der Waals surface area contributed by atoms with Crippen LogP contribution in [-0.4, -0.2) is 64.6 Å². The maximum atomic E-state index is 14.1. The van der Waals surface area contributed by atoms with Crippen molar-refractivity contribution in [1.29, 1.82) is 0 Å². The first kappa shape index (κ1) is 30.7. The summed E-state index contributed by atoms with van der Waals surface area (Å²) < 4.78 is 45.5. The molecular formula is C31H37N3O7S. The van der Waals surface area contributed by atoms with Crippen LogP contribution in [0.15, 0.2) is 77.7 Å². The number of carbonyl (C=O) groups is 2. The molecule has 1 N–H and O–H groups in total. The Morgan fingerprint density at radius 1 is 0.976 bits per heavy atom. The summed E-state index contributed by atoms with van der Waals surface area (Å²) in [5.41, 5.74) is 0.995. The van der Waals surface area contributed by atoms with Crippen LogP contribution in [0.4, 0.5) is 5.69 Å². The van der Waals surface area contributed by atoms with Crippen LogP contribution in [0.25, 0.3) is 0 Å². The summed E-state index contributed by atoms with van der Waals surface area (Å²) in [5.74, 6) is 0.672. The molecule has 1 aliphatic rings. The van der Waals surface area contributed by atoms with Crippen LogP contribution in [-0.2, 0) is 26.2 Å². The first-order chi connectivity index (χ1) is 20.2. The quantitative estimate of drug-likeness (QED) is 0.297. The third kappa shape index (κ3) is 7.33. The monoisotopic (exact) mass is 595 g/mol. The molecule has 0 fully saturated rings. The Bertz CT molecular complexity index is 1460. The summed E-state index contributed by atoms with van der Waals surface area (Å²) in [7, 11) is -2.62. The molecule has 1 heterocycles. The second-order valence-electron chi connectivity index (χ2n) is 9.84. The number of hydrogen-bond donors (Lipinski definition) is 1. The number of carbonyl (C=O) groups excluding carboxylic acids is 2. The van der Waals surface area contributed by atoms with E-state index < -0.39 is 28.5 Å². The lowest BCUT2D eigenvalue weighted by Crippen LogP contribution is -2.51. The Balaban J connectivity index is 1.70. The summed E-state index contributed by atoms with van der Waals surface area (Å²) in [6, 6.07) is 19.0. The molecule has 1 atom stereocenters. The Morgan fingerprint density at radius 2 is 1.67 bits per heavy atom. The van der Waals surface area contributed by atoms with Crippen LogP contribution in [0.2, 0.25) is 0 Å². The van der Waals surface area contributed by atoms with Gasteiger partial charge in [-0.1, -0.05) is 43.7 Å². The molecule has 0 radical (unpaired) electrons. The van der Waals surface area contributed by atoms with Crippen molar-refractivity contribution in [3.8, 4) is 17.2 Å². The fourth-order valence-electron chi connectivity index (χ4n) is 4.48. The number of anilines is 1. The third-order valence-electron chi connectivity index (χ3n) is 6.93. The molecule has 3 aromatic carbocycles. The molecule has 0 aliphatic carbocycles. The highest BCUT2D eigenvalue weighted by Gasteiger charge is 2.33. The summed E-state index contributed by atoms with van der Waals surface area (Å²) in [6.45, 7) is 4.40. The minimum absolute atomic E-state index is 0.0275. The number of unbranched alkanes of at least 4 members (excludes halogenated alkanes) is 1. The van der Waals surface area contributed by atoms with E-state index in [1.54, 1.807) is 74.7 Å². The Morgan fingerprint density at radius 3 is 2.33 bits per heavy atom. The van der Waals surface area contributed by atoms with Crippen LogP contribution >= 0.6 is 0 Å². The standard InChI is InChI=1S/C31H37N3O7S/c1-4-5-17-32-31(36)23(2)33(21-24-11-14-26(39-3)15-12-24)30(35)22-34(42(37,38)27-9-7-6-8-10-27)25-13-16-28-29(20-25)41-19-18-40-28/h6-16,20,23H,4-5,17-19,21-22H2,1-3H3,(H,32,36)/t23-/m1/s1. The number of nitrogens with zero attached hydrogens (tertiary/aromatic N) is 2. The van der Waals surface area contributed by atoms with E-state index in [1.807, 2.05) is 6.92 Å². The molecule has 224 valence electrons. The number of amides is 2. The maximum Gasteiger partial charge on any atom is 0.264 e. The number of hydrogen-bond acceptors (Lipinski definition) is 7. The molecular weight excluding hydrogens is 558 g/mol. The van der Waals surface area contributed by atoms with Gasteiger partial charge in [0.25, 0.3) is 10.0 Å². The molecule has 3 aromatic rings. The van der Waals surface area contributed by atoms with E-state index >= 15 is 0 Å². The van der Waals surface area contributed by atoms with Gasteiger partial charge < -0.3 is 24.4 Å². The predicted molar refractivity (Wildman–Crippen MR) is 159 cm³/mol. The number of fused-ring (bicyclic) bond motifs is 1. The molecule has 10 nitrogen and oxygen atoms in total. The average molecular weight is 596 g/mol. The van der Waals surface area contributed by atoms with Crippen LogP contribution in [0, 0.1) is 0 Å². The zero-order chi connectivity index (χ0) is 30.1. The van der Waals surface area contributed by atoms with E-state index in [1.165, 1.54) is 17.0 Å². The van der Waals surface area contributed by atoms with Gasteiger partial charge in [-0.25, -0.2) is 8.42 Å². The van der Waals surface area contributed by atoms with Crippen molar-refractivity contribution in [2.24, 2.45) is 0 Å². The number of sulfonamides is 1. The number of benzene rings is 3. The van der Waals surface area contributed by atoms with Gasteiger partial charge in [0.05, 0.1) is 17.7 Å². The van der Waals surface area contributed by atoms with Gasteiger partial charge in [0.15, 0.2) is 11.5 Å². The zero-order valence-corrected chi connectivity index (χ0v) is 24.9. The van der Waals surface area contributed by atoms with Crippen molar-refractivity contribution < 1.29 is 32.2 Å². The summed E-state index contributed by atoms with van der Waals surface area (Å²) >= 11 is 0. The molecule has 0 aromatic heterocycles. The van der Waals surface area contributed by atoms with E-state index in [0.717, 1.165) is 22.7 Å². The SMILES string of the molecule is CCCCNC(=O)[C@@H](C)N(Cc1ccc(OC)cc1)C(=O)CN(c1ccc2c(c1)OCCO2)S(=O)(=O)c1ccccc1. The number of rotatable bonds is 13. The van der Waals surface area contributed by atoms with E-state index in [9.17, 15) is 18.0 Å². The smallest absolute Gasteiger partial charge is 0.264 e. The fraction of sp³-hybridized carbons (Fsp3) is 0.355. The normalized spacial score (nSPS) is 13.1. The molecule has 0 bridgehead atoms. The molecule has 42 heavy (non-hydrogen) atoms. The van der Waals surface area contributed by atoms with E-state index in [4.69, 9.17) is 14.2 Å². The van der Waals surface area contributed by atoms with Crippen molar-refractivity contribution in [3.05, 3.63) is 78.4 Å². The highest BCUT2D eigenvalue weighted by Crippen LogP contribution is 2.36. The van der Waals surface area contributed by atoms with Crippen LogP contribution < -0.4 is 23.8 Å². The second-order valence-corrected chi connectivity index (χ2v) is 11.7. The number of methoxy groups -OCH3 is 1. The van der Waals surface area contributed by atoms with Crippen molar-refractivity contribution in [2.75, 3.05) is 37.7 Å². The largest absolute Gasteiger partial charge is 0.497 e. The van der Waals surface area contributed by atoms with Gasteiger partial charge in [-0.15, -0.1) is 0 Å². The Kier molecular flexibility index (Phi) is 10.3. The Labute approximate surface area is 247 Å². The van der Waals surface area contributed by atoms with E-state index in [-0.39, 0.29) is 23.0 Å². The minimum atomic E-state index is -4.18. The van der Waals surface area contributed by atoms with Crippen molar-refractivity contribution >= 4 is 27.5 Å². The lowest BCUT2D eigenvalue weighted by molar-refractivity contribution is -0.139. The van der Waals surface area contributed by atoms with Gasteiger partial charge in [0, 0.05) is 19.2 Å². The van der Waals surface area contributed by atoms with Gasteiger partial charge >= 0.3 is 0 Å². The predicted octanol–water partition coefficient (Wildman–Crippen LogP) is 4.00. The molecule has 4 rings (SSSR count). The molecule has 0 unspecified atom stereocenters. The second kappa shape index (κ2) is 14.1. The van der Waals surface area contributed by atoms with Gasteiger partial charge in [-0.2, -0.15) is 0 Å². The molecule has 2 amide bonds. The van der Waals surface area contributed by atoms with Crippen molar-refractivity contribution in [3.63, 3.8) is 0 Å². The summed E-state index contributed by atoms with van der Waals surface area (Å²) in [5, 5.41) is 2.88. The van der Waals surface area contributed by atoms with Crippen LogP contribution in [0.3, 0.4) is 0 Å². The zero-order valence-electron chi connectivity index (χ0n) is 24.1. The van der Waals surface area contributed by atoms with E-state index in [2.05, 4.69) is 5.32 Å². The molecule has 1 aliphatic heterocycles. The molecule has 0 spiro atoms. The highest BCUT2D eigenvalue weighted by atomic mass is 32.2. The highest BCUT2D eigenvalue weighted by molar-refractivity contribution is 7.92. The first-order valence-electron chi connectivity index (χ1n) is 13.9. The maximum absolute atomic E-state index is 14.1. The van der Waals surface area contributed by atoms with Crippen molar-refractivity contribution in [2.45, 2.75) is 44.2 Å². The van der Waals surface area contributed by atoms with Gasteiger partial charge in [-0.05, 0) is 55.3 Å². The molecule has 11 heteroatoms. The molecule has 0 saturated carbocycles. The van der Waals surface area contributed by atoms with Crippen LogP contribution in [0.5, 0.6) is 17.2 Å². The number of nitrogens with one attached hydrogen (secondary N) is 1. The fourth-order valence-corrected chi connectivity index (χ4v) is 5.91. The lowest BCUT2D eigenvalue weighted by atomic mass is 10.1. The van der Waals surface area contributed by atoms with E-state index in [0.29, 0.717) is 37.0 Å². The minimum Gasteiger partial charge on any atom is -0.497 e. The summed E-state index contributed by atoms with van der Waals surface area (Å²) in [6.07, 6.45) is 1.71. The number of ether oxygens (including phenoxy) is 3.